The van der Waals surface area contributed by atoms with Crippen molar-refractivity contribution >= 4 is 5.82 Å². The van der Waals surface area contributed by atoms with Crippen LogP contribution in [0.15, 0.2) is 17.2 Å². The Morgan fingerprint density at radius 1 is 1.37 bits per heavy atom. The molecule has 0 atom stereocenters. The van der Waals surface area contributed by atoms with E-state index in [0.29, 0.717) is 5.82 Å². The van der Waals surface area contributed by atoms with E-state index in [9.17, 15) is 4.79 Å². The molecule has 0 amide bonds. The van der Waals surface area contributed by atoms with E-state index in [0.717, 1.165) is 19.6 Å². The summed E-state index contributed by atoms with van der Waals surface area (Å²) in [5.41, 5.74) is -0.222. The Kier molecular flexibility index (Phi) is 3.43. The highest BCUT2D eigenvalue weighted by molar-refractivity contribution is 5.37. The maximum Gasteiger partial charge on any atom is 0.293 e. The van der Waals surface area contributed by atoms with E-state index >= 15 is 0 Å². The minimum atomic E-state index is -0.224. The van der Waals surface area contributed by atoms with Gasteiger partial charge in [-0.15, -0.1) is 0 Å². The molecule has 106 valence electrons. The van der Waals surface area contributed by atoms with Gasteiger partial charge in [0.15, 0.2) is 5.82 Å². The van der Waals surface area contributed by atoms with Crippen molar-refractivity contribution < 1.29 is 0 Å². The molecule has 1 fully saturated rings. The number of nitrogens with one attached hydrogen (secondary N) is 1. The van der Waals surface area contributed by atoms with Gasteiger partial charge in [0.2, 0.25) is 0 Å². The second-order valence-electron chi connectivity index (χ2n) is 6.83. The summed E-state index contributed by atoms with van der Waals surface area (Å²) in [6, 6.07) is 0. The Balaban J connectivity index is 2.39. The number of hydrogen-bond donors (Lipinski definition) is 1. The molecule has 0 spiro atoms. The highest BCUT2D eigenvalue weighted by atomic mass is 16.1. The summed E-state index contributed by atoms with van der Waals surface area (Å²) in [6.07, 6.45) is 3.48. The Labute approximate surface area is 114 Å². The Morgan fingerprint density at radius 2 is 2.05 bits per heavy atom. The van der Waals surface area contributed by atoms with Gasteiger partial charge in [0.1, 0.15) is 0 Å². The molecule has 1 saturated heterocycles. The molecule has 1 aliphatic heterocycles. The van der Waals surface area contributed by atoms with E-state index < -0.39 is 0 Å². The highest BCUT2D eigenvalue weighted by Gasteiger charge is 2.28. The van der Waals surface area contributed by atoms with Gasteiger partial charge in [-0.1, -0.05) is 0 Å². The molecule has 0 bridgehead atoms. The number of piperazine rings is 1. The quantitative estimate of drug-likeness (QED) is 0.828. The second kappa shape index (κ2) is 4.63. The third-order valence-corrected chi connectivity index (χ3v) is 3.42. The molecule has 0 saturated carbocycles. The van der Waals surface area contributed by atoms with Gasteiger partial charge in [0.25, 0.3) is 5.56 Å². The lowest BCUT2D eigenvalue weighted by atomic mass is 10.0. The van der Waals surface area contributed by atoms with Crippen molar-refractivity contribution in [1.29, 1.82) is 0 Å². The number of rotatable bonds is 1. The smallest absolute Gasteiger partial charge is 0.293 e. The van der Waals surface area contributed by atoms with Crippen LogP contribution in [0.25, 0.3) is 0 Å². The van der Waals surface area contributed by atoms with Crippen molar-refractivity contribution in [3.05, 3.63) is 22.7 Å². The van der Waals surface area contributed by atoms with Gasteiger partial charge < -0.3 is 14.8 Å². The van der Waals surface area contributed by atoms with Crippen molar-refractivity contribution in [3.8, 4) is 0 Å². The van der Waals surface area contributed by atoms with E-state index in [1.165, 1.54) is 0 Å². The summed E-state index contributed by atoms with van der Waals surface area (Å²) >= 11 is 0. The van der Waals surface area contributed by atoms with Crippen molar-refractivity contribution in [2.45, 2.75) is 45.7 Å². The molecule has 2 rings (SSSR count). The van der Waals surface area contributed by atoms with Crippen LogP contribution >= 0.6 is 0 Å². The summed E-state index contributed by atoms with van der Waals surface area (Å²) in [7, 11) is 0. The molecular weight excluding hydrogens is 240 g/mol. The molecule has 1 aromatic rings. The standard InChI is InChI=1S/C14H24N4O/c1-13(2,3)18-9-6-15-11(12(18)19)17-8-7-16-14(4,5)10-17/h6,9,16H,7-8,10H2,1-5H3. The molecule has 5 nitrogen and oxygen atoms in total. The predicted octanol–water partition coefficient (Wildman–Crippen LogP) is 1.19. The number of hydrogen-bond acceptors (Lipinski definition) is 4. The molecule has 2 heterocycles. The van der Waals surface area contributed by atoms with Crippen molar-refractivity contribution in [3.63, 3.8) is 0 Å². The lowest BCUT2D eigenvalue weighted by Gasteiger charge is -2.39. The molecule has 1 aliphatic rings. The zero-order chi connectivity index (χ0) is 14.3. The SMILES string of the molecule is CC1(C)CN(c2nccn(C(C)(C)C)c2=O)CCN1. The van der Waals surface area contributed by atoms with E-state index in [1.54, 1.807) is 17.0 Å². The van der Waals surface area contributed by atoms with Gasteiger partial charge in [0.05, 0.1) is 0 Å². The second-order valence-corrected chi connectivity index (χ2v) is 6.83. The molecule has 1 aromatic heterocycles. The molecule has 1 N–H and O–H groups in total. The number of aromatic nitrogens is 2. The van der Waals surface area contributed by atoms with Crippen LogP contribution in [0.5, 0.6) is 0 Å². The maximum absolute atomic E-state index is 12.6. The monoisotopic (exact) mass is 264 g/mol. The Bertz CT molecular complexity index is 513. The zero-order valence-corrected chi connectivity index (χ0v) is 12.5. The molecule has 0 radical (unpaired) electrons. The fourth-order valence-corrected chi connectivity index (χ4v) is 2.47. The van der Waals surface area contributed by atoms with Crippen LogP contribution in [0.3, 0.4) is 0 Å². The van der Waals surface area contributed by atoms with Gasteiger partial charge in [-0.25, -0.2) is 4.98 Å². The molecule has 19 heavy (non-hydrogen) atoms. The van der Waals surface area contributed by atoms with Gasteiger partial charge in [0, 0.05) is 43.1 Å². The predicted molar refractivity (Wildman–Crippen MR) is 77.8 cm³/mol. The van der Waals surface area contributed by atoms with Crippen LogP contribution in [0, 0.1) is 0 Å². The van der Waals surface area contributed by atoms with Crippen LogP contribution in [0.1, 0.15) is 34.6 Å². The van der Waals surface area contributed by atoms with Gasteiger partial charge in [-0.05, 0) is 34.6 Å². The fourth-order valence-electron chi connectivity index (χ4n) is 2.47. The van der Waals surface area contributed by atoms with Gasteiger partial charge in [-0.3, -0.25) is 4.79 Å². The van der Waals surface area contributed by atoms with Gasteiger partial charge in [-0.2, -0.15) is 0 Å². The zero-order valence-electron chi connectivity index (χ0n) is 12.5. The average molecular weight is 264 g/mol. The van der Waals surface area contributed by atoms with Crippen molar-refractivity contribution in [2.24, 2.45) is 0 Å². The van der Waals surface area contributed by atoms with Crippen LogP contribution in [0.2, 0.25) is 0 Å². The van der Waals surface area contributed by atoms with E-state index in [1.807, 2.05) is 20.8 Å². The fraction of sp³-hybridized carbons (Fsp3) is 0.714. The minimum Gasteiger partial charge on any atom is -0.349 e. The van der Waals surface area contributed by atoms with Crippen molar-refractivity contribution in [1.82, 2.24) is 14.9 Å². The summed E-state index contributed by atoms with van der Waals surface area (Å²) < 4.78 is 1.75. The average Bonchev–Trinajstić information content (AvgIpc) is 2.26. The summed E-state index contributed by atoms with van der Waals surface area (Å²) in [5, 5.41) is 3.44. The van der Waals surface area contributed by atoms with Crippen LogP contribution in [-0.2, 0) is 5.54 Å². The first-order valence-corrected chi connectivity index (χ1v) is 6.79. The van der Waals surface area contributed by atoms with Crippen LogP contribution < -0.4 is 15.8 Å². The summed E-state index contributed by atoms with van der Waals surface area (Å²) in [4.78, 5) is 19.0. The molecule has 0 unspecified atom stereocenters. The van der Waals surface area contributed by atoms with Crippen LogP contribution in [0.4, 0.5) is 5.82 Å². The van der Waals surface area contributed by atoms with Crippen molar-refractivity contribution in [2.75, 3.05) is 24.5 Å². The molecule has 0 aromatic carbocycles. The Hall–Kier alpha value is -1.36. The third kappa shape index (κ3) is 2.97. The normalized spacial score (nSPS) is 19.5. The van der Waals surface area contributed by atoms with Crippen LogP contribution in [-0.4, -0.2) is 34.7 Å². The lowest BCUT2D eigenvalue weighted by Crippen LogP contribution is -2.58. The summed E-state index contributed by atoms with van der Waals surface area (Å²) in [6.45, 7) is 12.9. The van der Waals surface area contributed by atoms with Gasteiger partial charge >= 0.3 is 0 Å². The number of anilines is 1. The van der Waals surface area contributed by atoms with E-state index in [4.69, 9.17) is 0 Å². The van der Waals surface area contributed by atoms with E-state index in [2.05, 4.69) is 29.0 Å². The third-order valence-electron chi connectivity index (χ3n) is 3.42. The minimum absolute atomic E-state index is 0.00676. The maximum atomic E-state index is 12.6. The first-order chi connectivity index (χ1) is 8.71. The molecular formula is C14H24N4O. The highest BCUT2D eigenvalue weighted by Crippen LogP contribution is 2.16. The molecule has 5 heteroatoms. The Morgan fingerprint density at radius 3 is 2.63 bits per heavy atom. The topological polar surface area (TPSA) is 50.2 Å². The largest absolute Gasteiger partial charge is 0.349 e. The number of nitrogens with zero attached hydrogens (tertiary/aromatic N) is 3. The molecule has 0 aliphatic carbocycles. The first-order valence-electron chi connectivity index (χ1n) is 6.79. The lowest BCUT2D eigenvalue weighted by molar-refractivity contribution is 0.347. The van der Waals surface area contributed by atoms with E-state index in [-0.39, 0.29) is 16.6 Å². The first kappa shape index (κ1) is 14.1. The summed E-state index contributed by atoms with van der Waals surface area (Å²) in [5.74, 6) is 0.562.